The van der Waals surface area contributed by atoms with E-state index >= 15 is 0 Å². The van der Waals surface area contributed by atoms with E-state index in [1.54, 1.807) is 6.92 Å². The first-order valence-corrected chi connectivity index (χ1v) is 19.9. The highest BCUT2D eigenvalue weighted by atomic mass is 16.5. The maximum Gasteiger partial charge on any atom is 0.338 e. The van der Waals surface area contributed by atoms with Crippen molar-refractivity contribution in [2.45, 2.75) is 137 Å². The molecule has 0 aliphatic heterocycles. The molecule has 50 heavy (non-hydrogen) atoms. The number of rotatable bonds is 9. The Morgan fingerprint density at radius 3 is 2.44 bits per heavy atom. The Bertz CT molecular complexity index is 1650. The number of phenolic OH excluding ortho intramolecular Hbond substituents is 2. The van der Waals surface area contributed by atoms with Gasteiger partial charge in [-0.25, -0.2) is 4.79 Å². The maximum absolute atomic E-state index is 13.4. The first-order chi connectivity index (χ1) is 23.9. The molecule has 5 aliphatic rings. The average molecular weight is 681 g/mol. The van der Waals surface area contributed by atoms with Crippen molar-refractivity contribution < 1.29 is 24.5 Å². The first-order valence-electron chi connectivity index (χ1n) is 19.9. The molecule has 0 saturated heterocycles. The third-order valence-electron chi connectivity index (χ3n) is 15.1. The molecule has 2 aromatic carbocycles. The molecule has 0 amide bonds. The second-order valence-corrected chi connectivity index (χ2v) is 18.0. The lowest BCUT2D eigenvalue weighted by Crippen LogP contribution is -2.51. The molecule has 5 nitrogen and oxygen atoms in total. The molecule has 2 aromatic rings. The van der Waals surface area contributed by atoms with Crippen LogP contribution < -0.4 is 0 Å². The highest BCUT2D eigenvalue weighted by Crippen LogP contribution is 2.67. The quantitative estimate of drug-likeness (QED) is 0.119. The Morgan fingerprint density at radius 1 is 0.960 bits per heavy atom. The Labute approximate surface area is 300 Å². The van der Waals surface area contributed by atoms with Crippen LogP contribution in [0.5, 0.6) is 11.5 Å². The third kappa shape index (κ3) is 5.83. The highest BCUT2D eigenvalue weighted by Gasteiger charge is 2.59. The number of carbonyl (C=O) groups excluding carboxylic acids is 2. The van der Waals surface area contributed by atoms with Gasteiger partial charge in [-0.3, -0.25) is 4.79 Å². The van der Waals surface area contributed by atoms with Crippen LogP contribution in [-0.4, -0.2) is 28.6 Å². The van der Waals surface area contributed by atoms with Crippen molar-refractivity contribution in [2.24, 2.45) is 46.3 Å². The number of allylic oxidation sites excluding steroid dienone is 1. The summed E-state index contributed by atoms with van der Waals surface area (Å²) in [5.74, 6) is 4.07. The first kappa shape index (κ1) is 35.3. The van der Waals surface area contributed by atoms with Gasteiger partial charge in [-0.15, -0.1) is 0 Å². The summed E-state index contributed by atoms with van der Waals surface area (Å²) in [6.07, 6.45) is 18.3. The van der Waals surface area contributed by atoms with Crippen LogP contribution in [0.1, 0.15) is 161 Å². The summed E-state index contributed by atoms with van der Waals surface area (Å²) in [6, 6.07) is 7.64. The van der Waals surface area contributed by atoms with Crippen molar-refractivity contribution in [3.63, 3.8) is 0 Å². The van der Waals surface area contributed by atoms with Crippen molar-refractivity contribution in [3.05, 3.63) is 69.3 Å². The monoisotopic (exact) mass is 680 g/mol. The van der Waals surface area contributed by atoms with Crippen molar-refractivity contribution in [2.75, 3.05) is 0 Å². The fraction of sp³-hybridized carbons (Fsp3) is 0.644. The van der Waals surface area contributed by atoms with Gasteiger partial charge >= 0.3 is 5.97 Å². The Balaban J connectivity index is 0.994. The van der Waals surface area contributed by atoms with Gasteiger partial charge in [-0.2, -0.15) is 0 Å². The number of hydrogen-bond acceptors (Lipinski definition) is 5. The van der Waals surface area contributed by atoms with E-state index in [9.17, 15) is 19.8 Å². The van der Waals surface area contributed by atoms with Crippen LogP contribution in [0.25, 0.3) is 0 Å². The van der Waals surface area contributed by atoms with E-state index in [1.807, 2.05) is 24.3 Å². The van der Waals surface area contributed by atoms with Gasteiger partial charge in [-0.05, 0) is 145 Å². The van der Waals surface area contributed by atoms with Crippen LogP contribution in [0.15, 0.2) is 35.9 Å². The number of ether oxygens (including phenoxy) is 1. The number of fused-ring (bicyclic) bond motifs is 6. The molecular weight excluding hydrogens is 620 g/mol. The number of benzene rings is 2. The summed E-state index contributed by atoms with van der Waals surface area (Å²) in [5.41, 5.74) is 6.35. The van der Waals surface area contributed by atoms with Crippen molar-refractivity contribution >= 4 is 12.3 Å². The minimum atomic E-state index is -0.330. The van der Waals surface area contributed by atoms with Crippen molar-refractivity contribution in [1.82, 2.24) is 0 Å². The van der Waals surface area contributed by atoms with E-state index in [1.165, 1.54) is 56.9 Å². The van der Waals surface area contributed by atoms with Crippen LogP contribution >= 0.6 is 0 Å². The summed E-state index contributed by atoms with van der Waals surface area (Å²) in [5, 5.41) is 20.8. The summed E-state index contributed by atoms with van der Waals surface area (Å²) in [7, 11) is 0. The van der Waals surface area contributed by atoms with Gasteiger partial charge in [0, 0.05) is 12.3 Å². The Hall–Kier alpha value is -3.08. The topological polar surface area (TPSA) is 83.8 Å². The molecule has 0 aromatic heterocycles. The van der Waals surface area contributed by atoms with E-state index in [2.05, 4.69) is 40.7 Å². The van der Waals surface area contributed by atoms with Crippen LogP contribution in [0, 0.1) is 53.3 Å². The van der Waals surface area contributed by atoms with Crippen molar-refractivity contribution in [3.8, 4) is 11.5 Å². The molecule has 5 heteroatoms. The SMILES string of the molecule is Cc1c(O)c(O)c(C=O)c2c1[C@@H](c1ccc(C(=O)O[C@H]3CC[C@@]4(C)C(=CC[C@H]5[C@@H]6CC[C@H]([C@H](C)CCCC(C)C)[C@@]6(C)CC[C@@H]54)C3)cc1)CC2. The standard InChI is InChI=1S/C45H60O5/c1-26(2)8-7-9-27(3)37-18-19-38-35-15-14-31-24-32(20-22-44(31,5)39(35)21-23-45(37,38)6)50-43(49)30-12-10-29(11-13-30)33-16-17-34-36(25-46)42(48)41(47)28(4)40(33)34/h10-14,25-27,32-33,35,37-39,47-48H,7-9,15-24H2,1-6H3/t27-,32+,33-,35+,37-,38+,39+,44+,45-/m1/s1. The molecule has 0 radical (unpaired) electrons. The zero-order valence-electron chi connectivity index (χ0n) is 31.4. The largest absolute Gasteiger partial charge is 0.504 e. The Morgan fingerprint density at radius 2 is 1.72 bits per heavy atom. The molecule has 9 atom stereocenters. The number of hydrogen-bond donors (Lipinski definition) is 2. The minimum absolute atomic E-state index is 0.00996. The fourth-order valence-electron chi connectivity index (χ4n) is 12.4. The van der Waals surface area contributed by atoms with E-state index < -0.39 is 0 Å². The number of carbonyl (C=O) groups is 2. The molecule has 0 spiro atoms. The average Bonchev–Trinajstić information content (AvgIpc) is 3.69. The lowest BCUT2D eigenvalue weighted by atomic mass is 9.47. The van der Waals surface area contributed by atoms with Gasteiger partial charge in [0.15, 0.2) is 17.8 Å². The second-order valence-electron chi connectivity index (χ2n) is 18.0. The lowest BCUT2D eigenvalue weighted by Gasteiger charge is -2.58. The normalized spacial score (nSPS) is 33.5. The highest BCUT2D eigenvalue weighted by molar-refractivity contribution is 5.89. The molecule has 3 fully saturated rings. The van der Waals surface area contributed by atoms with E-state index in [0.29, 0.717) is 29.2 Å². The second kappa shape index (κ2) is 13.5. The summed E-state index contributed by atoms with van der Waals surface area (Å²) < 4.78 is 6.20. The lowest BCUT2D eigenvalue weighted by molar-refractivity contribution is -0.0594. The predicted molar refractivity (Wildman–Crippen MR) is 199 cm³/mol. The predicted octanol–water partition coefficient (Wildman–Crippen LogP) is 10.9. The summed E-state index contributed by atoms with van der Waals surface area (Å²) in [4.78, 5) is 25.2. The number of esters is 1. The van der Waals surface area contributed by atoms with E-state index in [0.717, 1.165) is 77.9 Å². The molecule has 5 aliphatic carbocycles. The molecule has 0 bridgehead atoms. The minimum Gasteiger partial charge on any atom is -0.504 e. The van der Waals surface area contributed by atoms with Crippen LogP contribution in [0.2, 0.25) is 0 Å². The maximum atomic E-state index is 13.4. The molecule has 0 heterocycles. The third-order valence-corrected chi connectivity index (χ3v) is 15.1. The molecule has 3 saturated carbocycles. The molecule has 2 N–H and O–H groups in total. The Kier molecular flexibility index (Phi) is 9.52. The fourth-order valence-corrected chi connectivity index (χ4v) is 12.4. The van der Waals surface area contributed by atoms with E-state index in [4.69, 9.17) is 4.74 Å². The van der Waals surface area contributed by atoms with Gasteiger partial charge in [0.2, 0.25) is 0 Å². The summed E-state index contributed by atoms with van der Waals surface area (Å²) >= 11 is 0. The molecular formula is C45H60O5. The van der Waals surface area contributed by atoms with Gasteiger partial charge in [0.05, 0.1) is 11.1 Å². The van der Waals surface area contributed by atoms with Gasteiger partial charge < -0.3 is 14.9 Å². The summed E-state index contributed by atoms with van der Waals surface area (Å²) in [6.45, 7) is 14.3. The smallest absolute Gasteiger partial charge is 0.338 e. The van der Waals surface area contributed by atoms with Gasteiger partial charge in [0.1, 0.15) is 6.10 Å². The van der Waals surface area contributed by atoms with Crippen molar-refractivity contribution in [1.29, 1.82) is 0 Å². The van der Waals surface area contributed by atoms with Crippen LogP contribution in [0.3, 0.4) is 0 Å². The van der Waals surface area contributed by atoms with Gasteiger partial charge in [0.25, 0.3) is 0 Å². The number of aromatic hydroxyl groups is 2. The number of aldehydes is 1. The molecule has 0 unspecified atom stereocenters. The number of phenols is 2. The van der Waals surface area contributed by atoms with E-state index in [-0.39, 0.29) is 40.5 Å². The van der Waals surface area contributed by atoms with Crippen LogP contribution in [-0.2, 0) is 11.2 Å². The van der Waals surface area contributed by atoms with Crippen LogP contribution in [0.4, 0.5) is 0 Å². The zero-order chi connectivity index (χ0) is 35.5. The molecule has 270 valence electrons. The van der Waals surface area contributed by atoms with Gasteiger partial charge in [-0.1, -0.05) is 77.7 Å². The molecule has 7 rings (SSSR count). The zero-order valence-corrected chi connectivity index (χ0v) is 31.4.